The Bertz CT molecular complexity index is 108. The van der Waals surface area contributed by atoms with E-state index < -0.39 is 0 Å². The number of nitrogens with zero attached hydrogens (tertiary/aromatic N) is 1. The molecule has 2 unspecified atom stereocenters. The highest BCUT2D eigenvalue weighted by atomic mass is 16.7. The monoisotopic (exact) mass is 145 g/mol. The minimum absolute atomic E-state index is 0.190. The topological polar surface area (TPSA) is 32.7 Å². The minimum atomic E-state index is -0.190. The summed E-state index contributed by atoms with van der Waals surface area (Å²) < 4.78 is 0. The Morgan fingerprint density at radius 2 is 2.20 bits per heavy atom. The van der Waals surface area contributed by atoms with Gasteiger partial charge >= 0.3 is 0 Å². The molecule has 0 amide bonds. The molecule has 0 spiro atoms. The molecule has 1 saturated carbocycles. The fraction of sp³-hybridized carbons (Fsp3) is 1.00. The number of hydroxylamine groups is 2. The Kier molecular flexibility index (Phi) is 2.65. The van der Waals surface area contributed by atoms with Crippen molar-refractivity contribution in [3.8, 4) is 0 Å². The van der Waals surface area contributed by atoms with Gasteiger partial charge < -0.3 is 9.94 Å². The lowest BCUT2D eigenvalue weighted by molar-refractivity contribution is -0.158. The third-order valence-corrected chi connectivity index (χ3v) is 2.20. The van der Waals surface area contributed by atoms with Gasteiger partial charge in [0.1, 0.15) is 0 Å². The van der Waals surface area contributed by atoms with Crippen molar-refractivity contribution in [1.82, 2.24) is 5.06 Å². The summed E-state index contributed by atoms with van der Waals surface area (Å²) in [6.07, 6.45) is 2.88. The van der Waals surface area contributed by atoms with E-state index in [1.165, 1.54) is 0 Å². The van der Waals surface area contributed by atoms with Gasteiger partial charge in [0.15, 0.2) is 0 Å². The second-order valence-electron chi connectivity index (χ2n) is 2.79. The van der Waals surface area contributed by atoms with Crippen molar-refractivity contribution < 1.29 is 9.94 Å². The molecule has 10 heavy (non-hydrogen) atoms. The van der Waals surface area contributed by atoms with Crippen molar-refractivity contribution >= 4 is 0 Å². The smallest absolute Gasteiger partial charge is 0.0718 e. The van der Waals surface area contributed by atoms with Gasteiger partial charge in [-0.2, -0.15) is 5.06 Å². The zero-order valence-corrected chi connectivity index (χ0v) is 6.58. The zero-order chi connectivity index (χ0) is 7.56. The van der Waals surface area contributed by atoms with E-state index in [0.29, 0.717) is 0 Å². The lowest BCUT2D eigenvalue weighted by Crippen LogP contribution is -2.36. The van der Waals surface area contributed by atoms with Gasteiger partial charge in [-0.15, -0.1) is 0 Å². The summed E-state index contributed by atoms with van der Waals surface area (Å²) in [5.41, 5.74) is 0. The van der Waals surface area contributed by atoms with Crippen LogP contribution >= 0.6 is 0 Å². The van der Waals surface area contributed by atoms with Gasteiger partial charge in [-0.3, -0.25) is 0 Å². The predicted molar refractivity (Wildman–Crippen MR) is 38.4 cm³/mol. The van der Waals surface area contributed by atoms with Crippen LogP contribution in [0.1, 0.15) is 19.3 Å². The Morgan fingerprint density at radius 1 is 1.50 bits per heavy atom. The summed E-state index contributed by atoms with van der Waals surface area (Å²) in [4.78, 5) is 4.98. The molecule has 0 aromatic rings. The summed E-state index contributed by atoms with van der Waals surface area (Å²) in [5.74, 6) is 0. The van der Waals surface area contributed by atoms with Gasteiger partial charge in [0.05, 0.1) is 19.3 Å². The van der Waals surface area contributed by atoms with Crippen molar-refractivity contribution in [3.05, 3.63) is 0 Å². The first-order valence-corrected chi connectivity index (χ1v) is 3.70. The van der Waals surface area contributed by atoms with Crippen molar-refractivity contribution in [2.24, 2.45) is 0 Å². The lowest BCUT2D eigenvalue weighted by Gasteiger charge is -2.23. The molecule has 0 saturated heterocycles. The van der Waals surface area contributed by atoms with Gasteiger partial charge in [-0.05, 0) is 19.3 Å². The lowest BCUT2D eigenvalue weighted by atomic mass is 10.2. The Labute approximate surface area is 61.5 Å². The highest BCUT2D eigenvalue weighted by Gasteiger charge is 2.28. The van der Waals surface area contributed by atoms with Gasteiger partial charge in [0.2, 0.25) is 0 Å². The Morgan fingerprint density at radius 3 is 2.60 bits per heavy atom. The molecule has 1 fully saturated rings. The largest absolute Gasteiger partial charge is 0.391 e. The third-order valence-electron chi connectivity index (χ3n) is 2.20. The van der Waals surface area contributed by atoms with E-state index in [1.807, 2.05) is 7.05 Å². The second-order valence-corrected chi connectivity index (χ2v) is 2.79. The number of hydrogen-bond acceptors (Lipinski definition) is 3. The molecule has 3 nitrogen and oxygen atoms in total. The molecular weight excluding hydrogens is 130 g/mol. The van der Waals surface area contributed by atoms with E-state index >= 15 is 0 Å². The van der Waals surface area contributed by atoms with Gasteiger partial charge in [-0.25, -0.2) is 0 Å². The van der Waals surface area contributed by atoms with Crippen LogP contribution in [-0.4, -0.2) is 36.5 Å². The molecule has 1 aliphatic rings. The van der Waals surface area contributed by atoms with Crippen molar-refractivity contribution in [3.63, 3.8) is 0 Å². The molecule has 0 bridgehead atoms. The number of hydrogen-bond donors (Lipinski definition) is 1. The van der Waals surface area contributed by atoms with Crippen molar-refractivity contribution in [1.29, 1.82) is 0 Å². The summed E-state index contributed by atoms with van der Waals surface area (Å²) in [5, 5.41) is 11.1. The minimum Gasteiger partial charge on any atom is -0.391 e. The quantitative estimate of drug-likeness (QED) is 0.571. The third kappa shape index (κ3) is 1.48. The number of likely N-dealkylation sites (N-methyl/N-ethyl adjacent to an activating group) is 1. The fourth-order valence-electron chi connectivity index (χ4n) is 1.48. The first-order chi connectivity index (χ1) is 4.75. The van der Waals surface area contributed by atoms with Crippen molar-refractivity contribution in [2.45, 2.75) is 31.4 Å². The average Bonchev–Trinajstić information content (AvgIpc) is 2.34. The fourth-order valence-corrected chi connectivity index (χ4v) is 1.48. The molecule has 0 aromatic heterocycles. The molecule has 3 heteroatoms. The first-order valence-electron chi connectivity index (χ1n) is 3.70. The standard InChI is InChI=1S/C7H15NO2/c1-8(10-2)6-4-3-5-7(6)9/h6-7,9H,3-5H2,1-2H3. The SMILES string of the molecule is CON(C)C1CCCC1O. The summed E-state index contributed by atoms with van der Waals surface area (Å²) >= 11 is 0. The molecule has 1 N–H and O–H groups in total. The maximum absolute atomic E-state index is 9.37. The number of aliphatic hydroxyl groups is 1. The van der Waals surface area contributed by atoms with Gasteiger partial charge in [0.25, 0.3) is 0 Å². The maximum atomic E-state index is 9.37. The molecule has 60 valence electrons. The van der Waals surface area contributed by atoms with E-state index in [1.54, 1.807) is 12.2 Å². The van der Waals surface area contributed by atoms with Gasteiger partial charge in [-0.1, -0.05) is 0 Å². The number of rotatable bonds is 2. The van der Waals surface area contributed by atoms with Crippen LogP contribution in [0.15, 0.2) is 0 Å². The zero-order valence-electron chi connectivity index (χ0n) is 6.58. The Hall–Kier alpha value is -0.120. The first kappa shape index (κ1) is 7.98. The van der Waals surface area contributed by atoms with E-state index in [0.717, 1.165) is 19.3 Å². The second kappa shape index (κ2) is 3.32. The normalized spacial score (nSPS) is 33.6. The predicted octanol–water partition coefficient (Wildman–Crippen LogP) is 0.393. The molecule has 1 aliphatic carbocycles. The molecule has 2 atom stereocenters. The molecule has 0 radical (unpaired) electrons. The number of aliphatic hydroxyl groups excluding tert-OH is 1. The van der Waals surface area contributed by atoms with Crippen LogP contribution in [0.5, 0.6) is 0 Å². The van der Waals surface area contributed by atoms with E-state index in [2.05, 4.69) is 0 Å². The summed E-state index contributed by atoms with van der Waals surface area (Å²) in [7, 11) is 3.49. The molecule has 1 rings (SSSR count). The molecule has 0 aliphatic heterocycles. The van der Waals surface area contributed by atoms with Crippen LogP contribution in [0.25, 0.3) is 0 Å². The highest BCUT2D eigenvalue weighted by molar-refractivity contribution is 4.80. The van der Waals surface area contributed by atoms with Crippen molar-refractivity contribution in [2.75, 3.05) is 14.2 Å². The maximum Gasteiger partial charge on any atom is 0.0718 e. The van der Waals surface area contributed by atoms with Crippen LogP contribution in [0.2, 0.25) is 0 Å². The summed E-state index contributed by atoms with van der Waals surface area (Å²) in [6, 6.07) is 0.213. The summed E-state index contributed by atoms with van der Waals surface area (Å²) in [6.45, 7) is 0. The average molecular weight is 145 g/mol. The van der Waals surface area contributed by atoms with E-state index in [-0.39, 0.29) is 12.1 Å². The van der Waals surface area contributed by atoms with E-state index in [9.17, 15) is 5.11 Å². The highest BCUT2D eigenvalue weighted by Crippen LogP contribution is 2.22. The van der Waals surface area contributed by atoms with Crippen LogP contribution in [-0.2, 0) is 4.84 Å². The van der Waals surface area contributed by atoms with Crippen LogP contribution in [0, 0.1) is 0 Å². The molecule has 0 aromatic carbocycles. The van der Waals surface area contributed by atoms with E-state index in [4.69, 9.17) is 4.84 Å². The Balaban J connectivity index is 2.38. The molecule has 0 heterocycles. The van der Waals surface area contributed by atoms with Crippen LogP contribution < -0.4 is 0 Å². The van der Waals surface area contributed by atoms with Gasteiger partial charge in [0, 0.05) is 7.05 Å². The van der Waals surface area contributed by atoms with Crippen LogP contribution in [0.3, 0.4) is 0 Å². The molecular formula is C7H15NO2. The van der Waals surface area contributed by atoms with Crippen LogP contribution in [0.4, 0.5) is 0 Å².